The maximum absolute atomic E-state index is 10.6. The van der Waals surface area contributed by atoms with Crippen LogP contribution in [0.25, 0.3) is 0 Å². The first kappa shape index (κ1) is 9.20. The van der Waals surface area contributed by atoms with Gasteiger partial charge in [-0.3, -0.25) is 4.57 Å². The molecule has 0 amide bonds. The monoisotopic (exact) mass is 179 g/mol. The van der Waals surface area contributed by atoms with Gasteiger partial charge in [-0.05, 0) is 25.8 Å². The van der Waals surface area contributed by atoms with Crippen LogP contribution in [0.4, 0.5) is 0 Å². The third-order valence-electron chi connectivity index (χ3n) is 1.94. The Bertz CT molecular complexity index is 179. The van der Waals surface area contributed by atoms with E-state index in [0.717, 1.165) is 13.0 Å². The van der Waals surface area contributed by atoms with Crippen molar-refractivity contribution in [2.45, 2.75) is 19.4 Å². The minimum Gasteiger partial charge on any atom is -0.324 e. The minimum absolute atomic E-state index is 0.0321. The molecular formula is C6H14NO3P. The van der Waals surface area contributed by atoms with Gasteiger partial charge in [0.15, 0.2) is 0 Å². The number of rotatable bonds is 2. The third-order valence-corrected chi connectivity index (χ3v) is 2.93. The summed E-state index contributed by atoms with van der Waals surface area (Å²) < 4.78 is 10.6. The summed E-state index contributed by atoms with van der Waals surface area (Å²) in [6.07, 6.45) is 0.912. The van der Waals surface area contributed by atoms with E-state index < -0.39 is 7.60 Å². The molecule has 0 aliphatic carbocycles. The molecule has 0 aromatic heterocycles. The fourth-order valence-electron chi connectivity index (χ4n) is 1.51. The molecule has 1 heterocycles. The van der Waals surface area contributed by atoms with Crippen LogP contribution in [0.2, 0.25) is 0 Å². The van der Waals surface area contributed by atoms with Crippen LogP contribution in [0.15, 0.2) is 0 Å². The van der Waals surface area contributed by atoms with Gasteiger partial charge in [0.25, 0.3) is 0 Å². The number of hydrogen-bond acceptors (Lipinski definition) is 2. The lowest BCUT2D eigenvalue weighted by Gasteiger charge is -2.08. The molecule has 1 fully saturated rings. The number of hydrogen-bond donors (Lipinski definition) is 3. The molecule has 2 atom stereocenters. The normalized spacial score (nSPS) is 32.6. The van der Waals surface area contributed by atoms with Crippen LogP contribution < -0.4 is 5.32 Å². The quantitative estimate of drug-likeness (QED) is 0.528. The molecule has 1 aliphatic heterocycles. The van der Waals surface area contributed by atoms with Crippen molar-refractivity contribution in [2.24, 2.45) is 5.92 Å². The second kappa shape index (κ2) is 3.23. The van der Waals surface area contributed by atoms with Crippen molar-refractivity contribution in [3.05, 3.63) is 0 Å². The van der Waals surface area contributed by atoms with Crippen LogP contribution in [0, 0.1) is 5.92 Å². The Morgan fingerprint density at radius 3 is 2.64 bits per heavy atom. The second-order valence-corrected chi connectivity index (χ2v) is 4.95. The van der Waals surface area contributed by atoms with Crippen LogP contribution in [-0.2, 0) is 4.57 Å². The molecular weight excluding hydrogens is 165 g/mol. The van der Waals surface area contributed by atoms with Crippen molar-refractivity contribution in [2.75, 3.05) is 12.7 Å². The van der Waals surface area contributed by atoms with Gasteiger partial charge in [-0.2, -0.15) is 0 Å². The van der Waals surface area contributed by atoms with Crippen LogP contribution in [0.3, 0.4) is 0 Å². The molecule has 1 aliphatic rings. The summed E-state index contributed by atoms with van der Waals surface area (Å²) in [5.41, 5.74) is 0. The van der Waals surface area contributed by atoms with E-state index in [2.05, 4.69) is 5.32 Å². The van der Waals surface area contributed by atoms with Crippen molar-refractivity contribution in [3.63, 3.8) is 0 Å². The van der Waals surface area contributed by atoms with E-state index in [1.807, 2.05) is 6.92 Å². The Morgan fingerprint density at radius 2 is 2.27 bits per heavy atom. The molecule has 0 saturated carbocycles. The van der Waals surface area contributed by atoms with Gasteiger partial charge < -0.3 is 15.1 Å². The summed E-state index contributed by atoms with van der Waals surface area (Å²) in [6.45, 7) is 2.77. The average molecular weight is 179 g/mol. The van der Waals surface area contributed by atoms with E-state index in [1.54, 1.807) is 0 Å². The van der Waals surface area contributed by atoms with Gasteiger partial charge in [0.05, 0.1) is 6.16 Å². The smallest absolute Gasteiger partial charge is 0.324 e. The van der Waals surface area contributed by atoms with Crippen molar-refractivity contribution >= 4 is 7.60 Å². The molecule has 2 unspecified atom stereocenters. The van der Waals surface area contributed by atoms with E-state index >= 15 is 0 Å². The van der Waals surface area contributed by atoms with Gasteiger partial charge in [-0.25, -0.2) is 0 Å². The summed E-state index contributed by atoms with van der Waals surface area (Å²) in [5, 5.41) is 3.15. The van der Waals surface area contributed by atoms with E-state index in [1.165, 1.54) is 0 Å². The Kier molecular flexibility index (Phi) is 2.70. The Labute approximate surface area is 66.2 Å². The summed E-state index contributed by atoms with van der Waals surface area (Å²) in [6, 6.07) is 0.409. The zero-order chi connectivity index (χ0) is 8.48. The average Bonchev–Trinajstić information content (AvgIpc) is 2.10. The molecule has 0 aromatic rings. The van der Waals surface area contributed by atoms with Gasteiger partial charge in [-0.1, -0.05) is 0 Å². The molecule has 4 nitrogen and oxygen atoms in total. The van der Waals surface area contributed by atoms with E-state index in [4.69, 9.17) is 9.79 Å². The maximum Gasteiger partial charge on any atom is 0.325 e. The molecule has 66 valence electrons. The highest BCUT2D eigenvalue weighted by atomic mass is 31.2. The summed E-state index contributed by atoms with van der Waals surface area (Å²) >= 11 is 0. The van der Waals surface area contributed by atoms with Gasteiger partial charge in [0, 0.05) is 6.04 Å². The molecule has 0 spiro atoms. The molecule has 1 rings (SSSR count). The van der Waals surface area contributed by atoms with Gasteiger partial charge >= 0.3 is 7.60 Å². The first-order valence-corrected chi connectivity index (χ1v) is 5.55. The molecule has 3 N–H and O–H groups in total. The predicted octanol–water partition coefficient (Wildman–Crippen LogP) is 0.162. The second-order valence-electron chi connectivity index (χ2n) is 3.26. The van der Waals surface area contributed by atoms with Crippen molar-refractivity contribution in [3.8, 4) is 0 Å². The summed E-state index contributed by atoms with van der Waals surface area (Å²) in [4.78, 5) is 17.3. The number of nitrogens with one attached hydrogen (secondary N) is 1. The van der Waals surface area contributed by atoms with E-state index in [0.29, 0.717) is 6.04 Å². The lowest BCUT2D eigenvalue weighted by atomic mass is 10.1. The van der Waals surface area contributed by atoms with Crippen LogP contribution in [0.5, 0.6) is 0 Å². The van der Waals surface area contributed by atoms with Gasteiger partial charge in [0.2, 0.25) is 0 Å². The van der Waals surface area contributed by atoms with E-state index in [9.17, 15) is 4.57 Å². The molecule has 0 bridgehead atoms. The Hall–Kier alpha value is 0.110. The maximum atomic E-state index is 10.6. The summed E-state index contributed by atoms with van der Waals surface area (Å²) in [5.74, 6) is 0.158. The first-order valence-electron chi connectivity index (χ1n) is 3.75. The zero-order valence-corrected chi connectivity index (χ0v) is 7.42. The van der Waals surface area contributed by atoms with Crippen molar-refractivity contribution in [1.29, 1.82) is 0 Å². The minimum atomic E-state index is -3.78. The van der Waals surface area contributed by atoms with E-state index in [-0.39, 0.29) is 12.1 Å². The molecule has 0 radical (unpaired) electrons. The fourth-order valence-corrected chi connectivity index (χ4v) is 2.46. The Balaban J connectivity index is 2.34. The third kappa shape index (κ3) is 3.34. The SMILES string of the molecule is CC1CC(CP(=O)(O)O)CN1. The standard InChI is InChI=1S/C6H14NO3P/c1-5-2-6(3-7-5)4-11(8,9)10/h5-7H,2-4H2,1H3,(H2,8,9,10). The highest BCUT2D eigenvalue weighted by Gasteiger charge is 2.27. The Morgan fingerprint density at radius 1 is 1.64 bits per heavy atom. The largest absolute Gasteiger partial charge is 0.325 e. The van der Waals surface area contributed by atoms with Crippen molar-refractivity contribution in [1.82, 2.24) is 5.32 Å². The molecule has 1 saturated heterocycles. The topological polar surface area (TPSA) is 69.6 Å². The molecule has 5 heteroatoms. The van der Waals surface area contributed by atoms with Crippen LogP contribution >= 0.6 is 7.60 Å². The molecule has 0 aromatic carbocycles. The highest BCUT2D eigenvalue weighted by molar-refractivity contribution is 7.51. The lowest BCUT2D eigenvalue weighted by Crippen LogP contribution is -2.17. The van der Waals surface area contributed by atoms with Crippen LogP contribution in [-0.4, -0.2) is 28.5 Å². The fraction of sp³-hybridized carbons (Fsp3) is 1.00. The van der Waals surface area contributed by atoms with Gasteiger partial charge in [-0.15, -0.1) is 0 Å². The first-order chi connectivity index (χ1) is 4.97. The summed E-state index contributed by atoms with van der Waals surface area (Å²) in [7, 11) is -3.78. The van der Waals surface area contributed by atoms with Crippen LogP contribution in [0.1, 0.15) is 13.3 Å². The van der Waals surface area contributed by atoms with Gasteiger partial charge in [0.1, 0.15) is 0 Å². The highest BCUT2D eigenvalue weighted by Crippen LogP contribution is 2.38. The van der Waals surface area contributed by atoms with Crippen molar-refractivity contribution < 1.29 is 14.4 Å². The zero-order valence-electron chi connectivity index (χ0n) is 6.53. The lowest BCUT2D eigenvalue weighted by molar-refractivity contribution is 0.363. The predicted molar refractivity (Wildman–Crippen MR) is 42.5 cm³/mol. The molecule has 11 heavy (non-hydrogen) atoms.